The molecule has 0 amide bonds. The first kappa shape index (κ1) is 28.1. The lowest BCUT2D eigenvalue weighted by molar-refractivity contribution is -0.257. The molecule has 0 aromatic rings. The van der Waals surface area contributed by atoms with Crippen LogP contribution >= 0.6 is 0 Å². The predicted octanol–water partition coefficient (Wildman–Crippen LogP) is 7.66. The van der Waals surface area contributed by atoms with Crippen molar-refractivity contribution in [2.45, 2.75) is 136 Å². The maximum Gasteiger partial charge on any atom is 0.364 e. The van der Waals surface area contributed by atoms with E-state index < -0.39 is 11.8 Å². The Bertz CT molecular complexity index is 406. The minimum Gasteiger partial charge on any atom is -0.477 e. The average Bonchev–Trinajstić information content (AvgIpc) is 2.68. The van der Waals surface area contributed by atoms with Crippen molar-refractivity contribution in [2.24, 2.45) is 0 Å². The first-order valence-electron chi connectivity index (χ1n) is 12.2. The summed E-state index contributed by atoms with van der Waals surface area (Å²) in [6, 6.07) is 0. The van der Waals surface area contributed by atoms with E-state index in [0.717, 1.165) is 12.8 Å². The molecule has 0 aromatic heterocycles. The molecule has 1 N–H and O–H groups in total. The molecule has 0 radical (unpaired) electrons. The highest BCUT2D eigenvalue weighted by Crippen LogP contribution is 2.21. The molecule has 0 saturated carbocycles. The summed E-state index contributed by atoms with van der Waals surface area (Å²) in [6.07, 6.45) is 22.4. The molecule has 0 aliphatic rings. The highest BCUT2D eigenvalue weighted by Gasteiger charge is 2.40. The van der Waals surface area contributed by atoms with Crippen LogP contribution in [0.4, 0.5) is 0 Å². The summed E-state index contributed by atoms with van der Waals surface area (Å²) < 4.78 is 11.2. The molecule has 0 aromatic carbocycles. The number of rotatable bonds is 21. The molecular formula is C25H48O4. The molecule has 0 rings (SSSR count). The number of unbranched alkanes of at least 4 members (excludes halogenated alkanes) is 12. The van der Waals surface area contributed by atoms with Gasteiger partial charge in [-0.3, -0.25) is 0 Å². The van der Waals surface area contributed by atoms with Gasteiger partial charge in [-0.2, -0.15) is 0 Å². The van der Waals surface area contributed by atoms with E-state index in [1.165, 1.54) is 77.0 Å². The van der Waals surface area contributed by atoms with Crippen molar-refractivity contribution < 1.29 is 19.4 Å². The summed E-state index contributed by atoms with van der Waals surface area (Å²) in [5, 5.41) is 9.45. The van der Waals surface area contributed by atoms with Gasteiger partial charge in [0, 0.05) is 6.42 Å². The topological polar surface area (TPSA) is 55.8 Å². The number of hydrogen-bond acceptors (Lipinski definition) is 3. The smallest absolute Gasteiger partial charge is 0.364 e. The van der Waals surface area contributed by atoms with Gasteiger partial charge in [-0.1, -0.05) is 83.8 Å². The van der Waals surface area contributed by atoms with Crippen LogP contribution in [0, 0.1) is 0 Å². The van der Waals surface area contributed by atoms with Gasteiger partial charge >= 0.3 is 5.97 Å². The van der Waals surface area contributed by atoms with Gasteiger partial charge in [0.05, 0.1) is 12.7 Å². The van der Waals surface area contributed by atoms with Gasteiger partial charge in [0.25, 0.3) is 5.79 Å². The monoisotopic (exact) mass is 412 g/mol. The Labute approximate surface area is 180 Å². The van der Waals surface area contributed by atoms with E-state index in [4.69, 9.17) is 9.47 Å². The van der Waals surface area contributed by atoms with Crippen molar-refractivity contribution in [3.8, 4) is 0 Å². The average molecular weight is 413 g/mol. The second kappa shape index (κ2) is 19.1. The van der Waals surface area contributed by atoms with Crippen LogP contribution in [0.15, 0.2) is 12.2 Å². The van der Waals surface area contributed by atoms with Crippen LogP contribution in [0.25, 0.3) is 0 Å². The number of aliphatic carboxylic acids is 1. The summed E-state index contributed by atoms with van der Waals surface area (Å²) in [5.41, 5.74) is 0. The maximum atomic E-state index is 11.5. The van der Waals surface area contributed by atoms with Crippen molar-refractivity contribution >= 4 is 5.97 Å². The maximum absolute atomic E-state index is 11.5. The third kappa shape index (κ3) is 15.6. The van der Waals surface area contributed by atoms with E-state index in [9.17, 15) is 9.90 Å². The van der Waals surface area contributed by atoms with Gasteiger partial charge in [-0.15, -0.1) is 0 Å². The third-order valence-electron chi connectivity index (χ3n) is 5.21. The van der Waals surface area contributed by atoms with Gasteiger partial charge < -0.3 is 14.6 Å². The molecule has 0 spiro atoms. The second-order valence-corrected chi connectivity index (χ2v) is 8.36. The second-order valence-electron chi connectivity index (χ2n) is 8.36. The fourth-order valence-corrected chi connectivity index (χ4v) is 3.45. The number of carboxylic acids is 1. The Morgan fingerprint density at radius 1 is 0.828 bits per heavy atom. The fourth-order valence-electron chi connectivity index (χ4n) is 3.45. The standard InChI is InChI=1S/C25H48O4/c1-5-7-8-9-10-11-12-13-14-15-16-17-18-19-20-21-22-28-25(6-2,24(26)27)29-23(3)4/h13-14,23H,5-12,15-22H2,1-4H3,(H,26,27). The van der Waals surface area contributed by atoms with Gasteiger partial charge in [-0.25, -0.2) is 4.79 Å². The number of carboxylic acid groups (broad SMARTS) is 1. The van der Waals surface area contributed by atoms with E-state index in [2.05, 4.69) is 19.1 Å². The highest BCUT2D eigenvalue weighted by atomic mass is 16.7. The van der Waals surface area contributed by atoms with E-state index in [1.807, 2.05) is 13.8 Å². The number of hydrogen-bond donors (Lipinski definition) is 1. The van der Waals surface area contributed by atoms with Crippen LogP contribution in [0.3, 0.4) is 0 Å². The molecule has 1 unspecified atom stereocenters. The Morgan fingerprint density at radius 2 is 1.31 bits per heavy atom. The summed E-state index contributed by atoms with van der Waals surface area (Å²) in [6.45, 7) is 8.16. The molecular weight excluding hydrogens is 364 g/mol. The first-order valence-corrected chi connectivity index (χ1v) is 12.2. The van der Waals surface area contributed by atoms with Gasteiger partial charge in [0.2, 0.25) is 0 Å². The van der Waals surface area contributed by atoms with Crippen LogP contribution in [-0.4, -0.2) is 29.6 Å². The van der Waals surface area contributed by atoms with Gasteiger partial charge in [-0.05, 0) is 46.0 Å². The summed E-state index contributed by atoms with van der Waals surface area (Å²) in [7, 11) is 0. The predicted molar refractivity (Wildman–Crippen MR) is 122 cm³/mol. The van der Waals surface area contributed by atoms with Crippen molar-refractivity contribution in [3.63, 3.8) is 0 Å². The van der Waals surface area contributed by atoms with Crippen LogP contribution in [-0.2, 0) is 14.3 Å². The zero-order valence-electron chi connectivity index (χ0n) is 19.7. The van der Waals surface area contributed by atoms with Crippen LogP contribution < -0.4 is 0 Å². The molecule has 0 saturated heterocycles. The van der Waals surface area contributed by atoms with Crippen molar-refractivity contribution in [1.29, 1.82) is 0 Å². The zero-order valence-corrected chi connectivity index (χ0v) is 19.7. The minimum atomic E-state index is -1.49. The summed E-state index contributed by atoms with van der Waals surface area (Å²) >= 11 is 0. The Morgan fingerprint density at radius 3 is 1.76 bits per heavy atom. The van der Waals surface area contributed by atoms with Crippen molar-refractivity contribution in [2.75, 3.05) is 6.61 Å². The molecule has 172 valence electrons. The van der Waals surface area contributed by atoms with E-state index in [1.54, 1.807) is 6.92 Å². The van der Waals surface area contributed by atoms with Crippen LogP contribution in [0.1, 0.15) is 124 Å². The lowest BCUT2D eigenvalue weighted by Gasteiger charge is -2.30. The molecule has 0 fully saturated rings. The van der Waals surface area contributed by atoms with E-state index >= 15 is 0 Å². The molecule has 4 heteroatoms. The number of carbonyl (C=O) groups is 1. The Kier molecular flexibility index (Phi) is 18.5. The minimum absolute atomic E-state index is 0.175. The SMILES string of the molecule is CCCCCCCCC=CCCCCCCCCOC(CC)(OC(C)C)C(=O)O. The summed E-state index contributed by atoms with van der Waals surface area (Å²) in [4.78, 5) is 11.5. The Balaban J connectivity index is 3.57. The van der Waals surface area contributed by atoms with Gasteiger partial charge in [0.1, 0.15) is 0 Å². The molecule has 1 atom stereocenters. The zero-order chi connectivity index (χ0) is 21.8. The van der Waals surface area contributed by atoms with E-state index in [-0.39, 0.29) is 6.10 Å². The van der Waals surface area contributed by atoms with Crippen molar-refractivity contribution in [3.05, 3.63) is 12.2 Å². The normalized spacial score (nSPS) is 14.0. The lowest BCUT2D eigenvalue weighted by Crippen LogP contribution is -2.45. The first-order chi connectivity index (χ1) is 14.0. The largest absolute Gasteiger partial charge is 0.477 e. The van der Waals surface area contributed by atoms with E-state index in [0.29, 0.717) is 13.0 Å². The third-order valence-corrected chi connectivity index (χ3v) is 5.21. The van der Waals surface area contributed by atoms with Gasteiger partial charge in [0.15, 0.2) is 0 Å². The summed E-state index contributed by atoms with van der Waals surface area (Å²) in [5.74, 6) is -2.52. The van der Waals surface area contributed by atoms with Crippen LogP contribution in [0.5, 0.6) is 0 Å². The molecule has 0 bridgehead atoms. The molecule has 0 heterocycles. The molecule has 0 aliphatic heterocycles. The fraction of sp³-hybridized carbons (Fsp3) is 0.880. The Hall–Kier alpha value is -0.870. The lowest BCUT2D eigenvalue weighted by atomic mass is 10.1. The quantitative estimate of drug-likeness (QED) is 0.119. The molecule has 0 aliphatic carbocycles. The highest BCUT2D eigenvalue weighted by molar-refractivity contribution is 5.75. The number of allylic oxidation sites excluding steroid dienone is 2. The van der Waals surface area contributed by atoms with Crippen molar-refractivity contribution in [1.82, 2.24) is 0 Å². The molecule has 29 heavy (non-hydrogen) atoms. The number of ether oxygens (including phenoxy) is 2. The molecule has 4 nitrogen and oxygen atoms in total. The van der Waals surface area contributed by atoms with Crippen LogP contribution in [0.2, 0.25) is 0 Å².